The molecule has 1 aliphatic heterocycles. The Labute approximate surface area is 116 Å². The van der Waals surface area contributed by atoms with Crippen LogP contribution in [0.1, 0.15) is 27.2 Å². The van der Waals surface area contributed by atoms with Gasteiger partial charge in [0.2, 0.25) is 5.91 Å². The summed E-state index contributed by atoms with van der Waals surface area (Å²) in [7, 11) is 0. The lowest BCUT2D eigenvalue weighted by molar-refractivity contribution is -0.133. The highest BCUT2D eigenvalue weighted by atomic mass is 16.5. The van der Waals surface area contributed by atoms with Crippen LogP contribution in [-0.2, 0) is 9.53 Å². The molecule has 0 radical (unpaired) electrons. The van der Waals surface area contributed by atoms with Crippen molar-refractivity contribution >= 4 is 5.91 Å². The summed E-state index contributed by atoms with van der Waals surface area (Å²) in [4.78, 5) is 16.0. The molecule has 1 N–H and O–H groups in total. The third-order valence-corrected chi connectivity index (χ3v) is 3.29. The number of amides is 1. The van der Waals surface area contributed by atoms with Crippen LogP contribution in [-0.4, -0.2) is 72.9 Å². The zero-order valence-corrected chi connectivity index (χ0v) is 12.5. The first-order chi connectivity index (χ1) is 9.02. The van der Waals surface area contributed by atoms with Gasteiger partial charge in [-0.15, -0.1) is 0 Å². The number of nitrogens with zero attached hydrogens (tertiary/aromatic N) is 2. The maximum atomic E-state index is 11.9. The number of aliphatic hydroxyl groups is 1. The highest BCUT2D eigenvalue weighted by molar-refractivity contribution is 5.76. The minimum atomic E-state index is -0.433. The molecular formula is C14H28N2O3. The predicted octanol–water partition coefficient (Wildman–Crippen LogP) is 0.574. The van der Waals surface area contributed by atoms with E-state index in [1.807, 2.05) is 11.8 Å². The molecule has 0 spiro atoms. The molecular weight excluding hydrogens is 244 g/mol. The van der Waals surface area contributed by atoms with E-state index in [-0.39, 0.29) is 5.91 Å². The molecule has 0 aromatic rings. The number of hydrogen-bond donors (Lipinski definition) is 1. The number of β-amino-alcohol motifs (C(OH)–C–C–N with tert-alkyl or cyclic N) is 1. The Hall–Kier alpha value is -0.650. The molecule has 1 heterocycles. The van der Waals surface area contributed by atoms with Crippen LogP contribution < -0.4 is 0 Å². The number of aliphatic hydroxyl groups excluding tert-OH is 1. The standard InChI is InChI=1S/C14H28N2O3/c1-4-19-11-13(17)10-15-5-7-16(8-6-15)14(18)9-12(2)3/h12-13,17H,4-11H2,1-3H3/t13-/m1/s1. The molecule has 19 heavy (non-hydrogen) atoms. The predicted molar refractivity (Wildman–Crippen MR) is 75.0 cm³/mol. The van der Waals surface area contributed by atoms with Crippen molar-refractivity contribution in [3.8, 4) is 0 Å². The molecule has 5 nitrogen and oxygen atoms in total. The summed E-state index contributed by atoms with van der Waals surface area (Å²) >= 11 is 0. The van der Waals surface area contributed by atoms with Crippen molar-refractivity contribution in [3.63, 3.8) is 0 Å². The van der Waals surface area contributed by atoms with E-state index in [4.69, 9.17) is 4.74 Å². The molecule has 0 bridgehead atoms. The Balaban J connectivity index is 2.23. The summed E-state index contributed by atoms with van der Waals surface area (Å²) in [6.45, 7) is 10.9. The first-order valence-electron chi connectivity index (χ1n) is 7.28. The van der Waals surface area contributed by atoms with E-state index in [9.17, 15) is 9.90 Å². The van der Waals surface area contributed by atoms with Crippen molar-refractivity contribution in [2.24, 2.45) is 5.92 Å². The van der Waals surface area contributed by atoms with Crippen molar-refractivity contribution in [1.29, 1.82) is 0 Å². The van der Waals surface area contributed by atoms with Gasteiger partial charge in [-0.25, -0.2) is 0 Å². The lowest BCUT2D eigenvalue weighted by Crippen LogP contribution is -2.51. The largest absolute Gasteiger partial charge is 0.389 e. The SMILES string of the molecule is CCOC[C@H](O)CN1CCN(C(=O)CC(C)C)CC1. The molecule has 1 aliphatic rings. The fourth-order valence-electron chi connectivity index (χ4n) is 2.26. The number of carbonyl (C=O) groups is 1. The molecule has 0 saturated carbocycles. The maximum Gasteiger partial charge on any atom is 0.222 e. The highest BCUT2D eigenvalue weighted by Gasteiger charge is 2.22. The molecule has 0 aromatic heterocycles. The van der Waals surface area contributed by atoms with Gasteiger partial charge in [0.15, 0.2) is 0 Å². The smallest absolute Gasteiger partial charge is 0.222 e. The number of ether oxygens (including phenoxy) is 1. The average Bonchev–Trinajstić information content (AvgIpc) is 2.36. The Bertz CT molecular complexity index is 263. The third kappa shape index (κ3) is 6.36. The van der Waals surface area contributed by atoms with Gasteiger partial charge >= 0.3 is 0 Å². The molecule has 1 fully saturated rings. The van der Waals surface area contributed by atoms with Gasteiger partial charge in [-0.3, -0.25) is 9.69 Å². The van der Waals surface area contributed by atoms with Crippen molar-refractivity contribution in [3.05, 3.63) is 0 Å². The van der Waals surface area contributed by atoms with E-state index in [0.29, 0.717) is 32.1 Å². The van der Waals surface area contributed by atoms with Crippen molar-refractivity contribution in [1.82, 2.24) is 9.80 Å². The van der Waals surface area contributed by atoms with Crippen LogP contribution in [0.3, 0.4) is 0 Å². The molecule has 1 saturated heterocycles. The Morgan fingerprint density at radius 1 is 1.26 bits per heavy atom. The fraction of sp³-hybridized carbons (Fsp3) is 0.929. The van der Waals surface area contributed by atoms with Crippen LogP contribution in [0.5, 0.6) is 0 Å². The normalized spacial score (nSPS) is 18.9. The Morgan fingerprint density at radius 2 is 1.89 bits per heavy atom. The number of hydrogen-bond acceptors (Lipinski definition) is 4. The zero-order chi connectivity index (χ0) is 14.3. The van der Waals surface area contributed by atoms with Crippen LogP contribution in [0.15, 0.2) is 0 Å². The Morgan fingerprint density at radius 3 is 2.42 bits per heavy atom. The van der Waals surface area contributed by atoms with E-state index < -0.39 is 6.10 Å². The lowest BCUT2D eigenvalue weighted by atomic mass is 10.1. The first-order valence-corrected chi connectivity index (χ1v) is 7.28. The van der Waals surface area contributed by atoms with Crippen LogP contribution in [0.25, 0.3) is 0 Å². The lowest BCUT2D eigenvalue weighted by Gasteiger charge is -2.35. The quantitative estimate of drug-likeness (QED) is 0.736. The summed E-state index contributed by atoms with van der Waals surface area (Å²) in [5.74, 6) is 0.669. The van der Waals surface area contributed by atoms with Crippen molar-refractivity contribution in [2.75, 3.05) is 45.9 Å². The van der Waals surface area contributed by atoms with Gasteiger partial charge in [-0.2, -0.15) is 0 Å². The second-order valence-electron chi connectivity index (χ2n) is 5.59. The summed E-state index contributed by atoms with van der Waals surface area (Å²) in [5.41, 5.74) is 0. The summed E-state index contributed by atoms with van der Waals surface area (Å²) < 4.78 is 5.20. The van der Waals surface area contributed by atoms with Crippen LogP contribution in [0.4, 0.5) is 0 Å². The molecule has 1 atom stereocenters. The summed E-state index contributed by atoms with van der Waals surface area (Å²) in [6.07, 6.45) is 0.199. The van der Waals surface area contributed by atoms with Crippen molar-refractivity contribution in [2.45, 2.75) is 33.3 Å². The third-order valence-electron chi connectivity index (χ3n) is 3.29. The van der Waals surface area contributed by atoms with Crippen LogP contribution in [0.2, 0.25) is 0 Å². The van der Waals surface area contributed by atoms with Crippen molar-refractivity contribution < 1.29 is 14.6 Å². The van der Waals surface area contributed by atoms with E-state index >= 15 is 0 Å². The van der Waals surface area contributed by atoms with E-state index in [1.165, 1.54) is 0 Å². The van der Waals surface area contributed by atoms with Crippen LogP contribution in [0, 0.1) is 5.92 Å². The molecule has 5 heteroatoms. The monoisotopic (exact) mass is 272 g/mol. The van der Waals surface area contributed by atoms with E-state index in [1.54, 1.807) is 0 Å². The van der Waals surface area contributed by atoms with E-state index in [2.05, 4.69) is 18.7 Å². The average molecular weight is 272 g/mol. The van der Waals surface area contributed by atoms with Gasteiger partial charge < -0.3 is 14.7 Å². The Kier molecular flexibility index (Phi) is 7.34. The van der Waals surface area contributed by atoms with Crippen LogP contribution >= 0.6 is 0 Å². The second kappa shape index (κ2) is 8.51. The molecule has 0 aromatic carbocycles. The molecule has 0 aliphatic carbocycles. The summed E-state index contributed by atoms with van der Waals surface area (Å²) in [6, 6.07) is 0. The van der Waals surface area contributed by atoms with Gasteiger partial charge in [0, 0.05) is 45.8 Å². The molecule has 0 unspecified atom stereocenters. The van der Waals surface area contributed by atoms with E-state index in [0.717, 1.165) is 26.2 Å². The fourth-order valence-corrected chi connectivity index (χ4v) is 2.26. The molecule has 112 valence electrons. The van der Waals surface area contributed by atoms with Gasteiger partial charge in [-0.1, -0.05) is 13.8 Å². The first kappa shape index (κ1) is 16.4. The minimum Gasteiger partial charge on any atom is -0.389 e. The van der Waals surface area contributed by atoms with Gasteiger partial charge in [0.05, 0.1) is 12.7 Å². The molecule has 1 rings (SSSR count). The molecule has 1 amide bonds. The minimum absolute atomic E-state index is 0.254. The number of piperazine rings is 1. The zero-order valence-electron chi connectivity index (χ0n) is 12.5. The highest BCUT2D eigenvalue weighted by Crippen LogP contribution is 2.08. The summed E-state index contributed by atoms with van der Waals surface area (Å²) in [5, 5.41) is 9.78. The second-order valence-corrected chi connectivity index (χ2v) is 5.59. The number of carbonyl (C=O) groups excluding carboxylic acids is 1. The van der Waals surface area contributed by atoms with Gasteiger partial charge in [-0.05, 0) is 12.8 Å². The number of rotatable bonds is 7. The topological polar surface area (TPSA) is 53.0 Å². The van der Waals surface area contributed by atoms with Gasteiger partial charge in [0.1, 0.15) is 0 Å². The van der Waals surface area contributed by atoms with Gasteiger partial charge in [0.25, 0.3) is 0 Å². The maximum absolute atomic E-state index is 11.9.